The second kappa shape index (κ2) is 8.49. The van der Waals surface area contributed by atoms with Crippen molar-refractivity contribution in [1.82, 2.24) is 9.78 Å². The molecule has 2 aromatic rings. The molecule has 0 radical (unpaired) electrons. The first-order chi connectivity index (χ1) is 13.4. The quantitative estimate of drug-likeness (QED) is 0.635. The van der Waals surface area contributed by atoms with Gasteiger partial charge in [0.25, 0.3) is 6.43 Å². The first-order valence-corrected chi connectivity index (χ1v) is 8.74. The maximum absolute atomic E-state index is 12.9. The van der Waals surface area contributed by atoms with Crippen LogP contribution >= 0.6 is 0 Å². The number of hydrogen-bond donors (Lipinski definition) is 1. The fourth-order valence-corrected chi connectivity index (χ4v) is 2.78. The smallest absolute Gasteiger partial charge is 0.387 e. The predicted octanol–water partition coefficient (Wildman–Crippen LogP) is 4.34. The number of benzene rings is 1. The first kappa shape index (κ1) is 20.0. The monoisotopic (exact) mass is 401 g/mol. The Balaban J connectivity index is 1.72. The predicted molar refractivity (Wildman–Crippen MR) is 92.0 cm³/mol. The normalized spacial score (nSPS) is 13.8. The zero-order valence-electron chi connectivity index (χ0n) is 15.0. The van der Waals surface area contributed by atoms with Crippen LogP contribution in [0.3, 0.4) is 0 Å². The van der Waals surface area contributed by atoms with Gasteiger partial charge in [-0.2, -0.15) is 13.9 Å². The molecule has 0 bridgehead atoms. The Morgan fingerprint density at radius 1 is 1.25 bits per heavy atom. The van der Waals surface area contributed by atoms with Crippen molar-refractivity contribution in [3.05, 3.63) is 35.7 Å². The van der Waals surface area contributed by atoms with E-state index in [0.717, 1.165) is 12.8 Å². The fraction of sp³-hybridized carbons (Fsp3) is 0.444. The van der Waals surface area contributed by atoms with E-state index in [1.54, 1.807) is 6.92 Å². The molecule has 0 aliphatic heterocycles. The Hall–Kier alpha value is -2.78. The molecule has 1 saturated carbocycles. The molecule has 1 heterocycles. The molecule has 1 aromatic carbocycles. The van der Waals surface area contributed by atoms with E-state index >= 15 is 0 Å². The van der Waals surface area contributed by atoms with Crippen molar-refractivity contribution in [2.24, 2.45) is 0 Å². The van der Waals surface area contributed by atoms with E-state index in [-0.39, 0.29) is 36.3 Å². The van der Waals surface area contributed by atoms with Crippen LogP contribution in [-0.2, 0) is 11.3 Å². The van der Waals surface area contributed by atoms with E-state index in [1.165, 1.54) is 28.9 Å². The van der Waals surface area contributed by atoms with Gasteiger partial charge < -0.3 is 14.8 Å². The molecule has 28 heavy (non-hydrogen) atoms. The fourth-order valence-electron chi connectivity index (χ4n) is 2.78. The molecule has 1 fully saturated rings. The molecule has 10 heteroatoms. The van der Waals surface area contributed by atoms with E-state index in [9.17, 15) is 22.4 Å². The van der Waals surface area contributed by atoms with Gasteiger partial charge in [-0.25, -0.2) is 8.78 Å². The lowest BCUT2D eigenvalue weighted by atomic mass is 10.2. The number of alkyl halides is 4. The van der Waals surface area contributed by atoms with Crippen LogP contribution in [0.4, 0.5) is 23.2 Å². The lowest BCUT2D eigenvalue weighted by Crippen LogP contribution is -2.21. The minimum atomic E-state index is -3.01. The van der Waals surface area contributed by atoms with Crippen LogP contribution in [-0.4, -0.2) is 28.9 Å². The summed E-state index contributed by atoms with van der Waals surface area (Å²) in [5, 5.41) is 6.41. The summed E-state index contributed by atoms with van der Waals surface area (Å²) in [6, 6.07) is 5.33. The molecule has 0 spiro atoms. The van der Waals surface area contributed by atoms with Crippen molar-refractivity contribution >= 4 is 11.6 Å². The molecule has 1 N–H and O–H groups in total. The van der Waals surface area contributed by atoms with Gasteiger partial charge in [-0.05, 0) is 38.0 Å². The van der Waals surface area contributed by atoms with Crippen LogP contribution in [0.25, 0.3) is 0 Å². The Kier molecular flexibility index (Phi) is 6.05. The highest BCUT2D eigenvalue weighted by atomic mass is 19.3. The number of nitrogens with zero attached hydrogens (tertiary/aromatic N) is 2. The van der Waals surface area contributed by atoms with Crippen LogP contribution in [0.2, 0.25) is 0 Å². The summed E-state index contributed by atoms with van der Waals surface area (Å²) in [7, 11) is 0. The van der Waals surface area contributed by atoms with Gasteiger partial charge in [0.05, 0.1) is 6.61 Å². The lowest BCUT2D eigenvalue weighted by molar-refractivity contribution is -0.117. The SMILES string of the molecule is CCOc1cc(NC(=O)Cn2nc(C(F)F)cc2C2CC2)ccc1OC(F)F. The lowest BCUT2D eigenvalue weighted by Gasteiger charge is -2.13. The number of nitrogens with one attached hydrogen (secondary N) is 1. The van der Waals surface area contributed by atoms with E-state index in [1.807, 2.05) is 0 Å². The van der Waals surface area contributed by atoms with Gasteiger partial charge in [-0.1, -0.05) is 0 Å². The summed E-state index contributed by atoms with van der Waals surface area (Å²) in [5.74, 6) is -0.447. The van der Waals surface area contributed by atoms with Gasteiger partial charge in [-0.15, -0.1) is 0 Å². The van der Waals surface area contributed by atoms with Gasteiger partial charge in [0.1, 0.15) is 12.2 Å². The minimum Gasteiger partial charge on any atom is -0.490 e. The number of carbonyl (C=O) groups excluding carboxylic acids is 1. The molecule has 3 rings (SSSR count). The van der Waals surface area contributed by atoms with E-state index in [4.69, 9.17) is 4.74 Å². The van der Waals surface area contributed by atoms with Gasteiger partial charge in [0.15, 0.2) is 11.5 Å². The molecule has 1 aliphatic carbocycles. The number of rotatable bonds is 9. The maximum Gasteiger partial charge on any atom is 0.387 e. The van der Waals surface area contributed by atoms with Crippen molar-refractivity contribution in [3.8, 4) is 11.5 Å². The molecule has 1 amide bonds. The van der Waals surface area contributed by atoms with Crippen LogP contribution in [0.1, 0.15) is 43.5 Å². The molecule has 1 aliphatic rings. The average molecular weight is 401 g/mol. The van der Waals surface area contributed by atoms with Crippen LogP contribution < -0.4 is 14.8 Å². The van der Waals surface area contributed by atoms with E-state index in [0.29, 0.717) is 11.4 Å². The molecule has 0 unspecified atom stereocenters. The topological polar surface area (TPSA) is 65.4 Å². The zero-order valence-corrected chi connectivity index (χ0v) is 15.0. The molecular weight excluding hydrogens is 382 g/mol. The minimum absolute atomic E-state index is 0.0540. The van der Waals surface area contributed by atoms with Crippen molar-refractivity contribution in [3.63, 3.8) is 0 Å². The summed E-state index contributed by atoms with van der Waals surface area (Å²) in [6.45, 7) is -1.36. The Bertz CT molecular complexity index is 837. The number of ether oxygens (including phenoxy) is 2. The van der Waals surface area contributed by atoms with Gasteiger partial charge in [-0.3, -0.25) is 9.48 Å². The summed E-state index contributed by atoms with van der Waals surface area (Å²) in [6.07, 6.45) is -0.962. The van der Waals surface area contributed by atoms with Crippen molar-refractivity contribution < 1.29 is 31.8 Å². The largest absolute Gasteiger partial charge is 0.490 e. The third-order valence-corrected chi connectivity index (χ3v) is 4.09. The third-order valence-electron chi connectivity index (χ3n) is 4.09. The maximum atomic E-state index is 12.9. The molecular formula is C18H19F4N3O3. The molecule has 0 atom stereocenters. The van der Waals surface area contributed by atoms with Crippen LogP contribution in [0.15, 0.2) is 24.3 Å². The Morgan fingerprint density at radius 2 is 2.00 bits per heavy atom. The number of aromatic nitrogens is 2. The molecule has 152 valence electrons. The van der Waals surface area contributed by atoms with E-state index < -0.39 is 18.9 Å². The summed E-state index contributed by atoms with van der Waals surface area (Å²) >= 11 is 0. The third kappa shape index (κ3) is 4.93. The van der Waals surface area contributed by atoms with Crippen molar-refractivity contribution in [2.45, 2.75) is 45.3 Å². The number of hydrogen-bond acceptors (Lipinski definition) is 4. The summed E-state index contributed by atoms with van der Waals surface area (Å²) < 4.78 is 61.6. The second-order valence-electron chi connectivity index (χ2n) is 6.25. The Morgan fingerprint density at radius 3 is 2.61 bits per heavy atom. The summed E-state index contributed by atoms with van der Waals surface area (Å²) in [5.41, 5.74) is 0.548. The number of carbonyl (C=O) groups is 1. The van der Waals surface area contributed by atoms with Gasteiger partial charge in [0, 0.05) is 23.4 Å². The molecule has 1 aromatic heterocycles. The second-order valence-corrected chi connectivity index (χ2v) is 6.25. The van der Waals surface area contributed by atoms with Crippen LogP contribution in [0, 0.1) is 0 Å². The number of halogens is 4. The molecule has 0 saturated heterocycles. The Labute approximate surface area is 158 Å². The van der Waals surface area contributed by atoms with Gasteiger partial charge >= 0.3 is 6.61 Å². The standard InChI is InChI=1S/C18H19F4N3O3/c1-2-27-15-7-11(5-6-14(15)28-18(21)22)23-16(26)9-25-13(10-3-4-10)8-12(24-25)17(19)20/h5-8,10,17-18H,2-4,9H2,1H3,(H,23,26). The van der Waals surface area contributed by atoms with Crippen molar-refractivity contribution in [1.29, 1.82) is 0 Å². The van der Waals surface area contributed by atoms with Crippen LogP contribution in [0.5, 0.6) is 11.5 Å². The highest BCUT2D eigenvalue weighted by molar-refractivity contribution is 5.91. The highest BCUT2D eigenvalue weighted by Crippen LogP contribution is 2.41. The first-order valence-electron chi connectivity index (χ1n) is 8.74. The molecule has 6 nitrogen and oxygen atoms in total. The van der Waals surface area contributed by atoms with Gasteiger partial charge in [0.2, 0.25) is 5.91 Å². The number of anilines is 1. The van der Waals surface area contributed by atoms with E-state index in [2.05, 4.69) is 15.2 Å². The average Bonchev–Trinajstić information content (AvgIpc) is 3.37. The summed E-state index contributed by atoms with van der Waals surface area (Å²) in [4.78, 5) is 12.3. The zero-order chi connectivity index (χ0) is 20.3. The van der Waals surface area contributed by atoms with Crippen molar-refractivity contribution in [2.75, 3.05) is 11.9 Å². The number of amides is 1. The highest BCUT2D eigenvalue weighted by Gasteiger charge is 2.30.